The minimum atomic E-state index is -0.563. The number of aryl methyl sites for hydroxylation is 1. The van der Waals surface area contributed by atoms with Crippen LogP contribution in [0.4, 0.5) is 11.5 Å². The number of likely N-dealkylation sites (N-methyl/N-ethyl adjacent to an activating group) is 1. The molecule has 0 aliphatic rings. The third-order valence-electron chi connectivity index (χ3n) is 3.57. The molecule has 0 radical (unpaired) electrons. The van der Waals surface area contributed by atoms with E-state index in [0.29, 0.717) is 17.3 Å². The van der Waals surface area contributed by atoms with Crippen LogP contribution in [-0.4, -0.2) is 47.6 Å². The number of nitrogens with one attached hydrogen (secondary N) is 1. The summed E-state index contributed by atoms with van der Waals surface area (Å²) in [5, 5.41) is 5.76. The van der Waals surface area contributed by atoms with Gasteiger partial charge in [0.25, 0.3) is 5.91 Å². The minimum absolute atomic E-state index is 0.0469. The van der Waals surface area contributed by atoms with E-state index in [9.17, 15) is 14.4 Å². The van der Waals surface area contributed by atoms with Gasteiger partial charge in [-0.1, -0.05) is 23.4 Å². The van der Waals surface area contributed by atoms with Crippen LogP contribution in [0.2, 0.25) is 0 Å². The van der Waals surface area contributed by atoms with Gasteiger partial charge < -0.3 is 19.5 Å². The molecule has 0 bridgehead atoms. The molecular weight excluding hydrogens is 370 g/mol. The van der Waals surface area contributed by atoms with Crippen molar-refractivity contribution in [3.05, 3.63) is 42.2 Å². The molecule has 0 saturated carbocycles. The Kier molecular flexibility index (Phi) is 7.42. The van der Waals surface area contributed by atoms with Crippen molar-refractivity contribution in [1.82, 2.24) is 5.16 Å². The topological polar surface area (TPSA) is 102 Å². The second kappa shape index (κ2) is 9.77. The molecule has 0 spiro atoms. The largest absolute Gasteiger partial charge is 0.455 e. The molecule has 8 nitrogen and oxygen atoms in total. The summed E-state index contributed by atoms with van der Waals surface area (Å²) in [4.78, 5) is 37.3. The molecule has 0 unspecified atom stereocenters. The van der Waals surface area contributed by atoms with Gasteiger partial charge in [0.2, 0.25) is 5.91 Å². The first kappa shape index (κ1) is 20.5. The number of nitrogens with zero attached hydrogens (tertiary/aromatic N) is 2. The number of hydrogen-bond acceptors (Lipinski definition) is 7. The molecule has 1 aromatic heterocycles. The Hall–Kier alpha value is -2.81. The Bertz CT molecular complexity index is 793. The number of anilines is 2. The number of aromatic nitrogens is 1. The molecule has 2 amide bonds. The molecule has 0 fully saturated rings. The molecule has 2 aromatic rings. The van der Waals surface area contributed by atoms with Gasteiger partial charge in [-0.2, -0.15) is 0 Å². The Balaban J connectivity index is 1.70. The van der Waals surface area contributed by atoms with Crippen LogP contribution < -0.4 is 10.2 Å². The van der Waals surface area contributed by atoms with Gasteiger partial charge in [0.15, 0.2) is 12.4 Å². The van der Waals surface area contributed by atoms with Gasteiger partial charge in [-0.05, 0) is 26.0 Å². The number of esters is 1. The maximum Gasteiger partial charge on any atom is 0.316 e. The number of benzene rings is 1. The van der Waals surface area contributed by atoms with Crippen LogP contribution >= 0.6 is 11.8 Å². The first-order chi connectivity index (χ1) is 12.9. The van der Waals surface area contributed by atoms with Crippen molar-refractivity contribution in [2.24, 2.45) is 0 Å². The molecule has 144 valence electrons. The summed E-state index contributed by atoms with van der Waals surface area (Å²) >= 11 is 1.11. The quantitative estimate of drug-likeness (QED) is 0.689. The van der Waals surface area contributed by atoms with Crippen LogP contribution in [0.1, 0.15) is 12.7 Å². The standard InChI is InChI=1S/C18H21N3O5S/c1-12-9-15(20-26-12)19-18(24)13(2)27-11-17(23)25-10-16(22)21(3)14-7-5-4-6-8-14/h4-9,13H,10-11H2,1-3H3,(H,19,20,24)/t13-/m0/s1. The lowest BCUT2D eigenvalue weighted by molar-refractivity contribution is -0.145. The van der Waals surface area contributed by atoms with E-state index in [1.807, 2.05) is 18.2 Å². The summed E-state index contributed by atoms with van der Waals surface area (Å²) in [6.45, 7) is 3.02. The lowest BCUT2D eigenvalue weighted by atomic mass is 10.3. The van der Waals surface area contributed by atoms with Gasteiger partial charge in [-0.3, -0.25) is 14.4 Å². The van der Waals surface area contributed by atoms with Crippen LogP contribution in [0.3, 0.4) is 0 Å². The van der Waals surface area contributed by atoms with Crippen molar-refractivity contribution in [1.29, 1.82) is 0 Å². The highest BCUT2D eigenvalue weighted by atomic mass is 32.2. The number of carbonyl (C=O) groups is 3. The zero-order valence-electron chi connectivity index (χ0n) is 15.3. The molecule has 1 atom stereocenters. The average Bonchev–Trinajstić information content (AvgIpc) is 3.08. The molecular formula is C18H21N3O5S. The predicted octanol–water partition coefficient (Wildman–Crippen LogP) is 2.25. The Labute approximate surface area is 161 Å². The Morgan fingerprint density at radius 2 is 2.00 bits per heavy atom. The molecule has 1 heterocycles. The number of para-hydroxylation sites is 1. The van der Waals surface area contributed by atoms with E-state index in [4.69, 9.17) is 9.26 Å². The minimum Gasteiger partial charge on any atom is -0.455 e. The van der Waals surface area contributed by atoms with Crippen molar-refractivity contribution < 1.29 is 23.6 Å². The molecule has 0 aliphatic heterocycles. The molecule has 1 aromatic carbocycles. The molecule has 0 saturated heterocycles. The monoisotopic (exact) mass is 391 g/mol. The highest BCUT2D eigenvalue weighted by molar-refractivity contribution is 8.01. The zero-order valence-corrected chi connectivity index (χ0v) is 16.1. The third-order valence-corrected chi connectivity index (χ3v) is 4.69. The lowest BCUT2D eigenvalue weighted by Gasteiger charge is -2.17. The van der Waals surface area contributed by atoms with Crippen molar-refractivity contribution in [2.45, 2.75) is 19.1 Å². The molecule has 0 aliphatic carbocycles. The Morgan fingerprint density at radius 1 is 1.30 bits per heavy atom. The summed E-state index contributed by atoms with van der Waals surface area (Å²) in [6, 6.07) is 10.6. The van der Waals surface area contributed by atoms with Gasteiger partial charge in [-0.25, -0.2) is 0 Å². The lowest BCUT2D eigenvalue weighted by Crippen LogP contribution is -2.31. The average molecular weight is 391 g/mol. The predicted molar refractivity (Wildman–Crippen MR) is 103 cm³/mol. The van der Waals surface area contributed by atoms with Crippen molar-refractivity contribution in [2.75, 3.05) is 29.6 Å². The van der Waals surface area contributed by atoms with Crippen LogP contribution in [0.15, 0.2) is 40.9 Å². The van der Waals surface area contributed by atoms with E-state index in [1.54, 1.807) is 39.1 Å². The number of thioether (sulfide) groups is 1. The van der Waals surface area contributed by atoms with Gasteiger partial charge in [0.1, 0.15) is 5.76 Å². The van der Waals surface area contributed by atoms with E-state index in [2.05, 4.69) is 10.5 Å². The van der Waals surface area contributed by atoms with Gasteiger partial charge in [-0.15, -0.1) is 11.8 Å². The fourth-order valence-electron chi connectivity index (χ4n) is 2.00. The number of ether oxygens (including phenoxy) is 1. The zero-order chi connectivity index (χ0) is 19.8. The van der Waals surface area contributed by atoms with Gasteiger partial charge in [0.05, 0.1) is 11.0 Å². The fraction of sp³-hybridized carbons (Fsp3) is 0.333. The van der Waals surface area contributed by atoms with Crippen LogP contribution in [0.25, 0.3) is 0 Å². The highest BCUT2D eigenvalue weighted by Crippen LogP contribution is 2.15. The first-order valence-corrected chi connectivity index (χ1v) is 9.24. The number of hydrogen-bond donors (Lipinski definition) is 1. The van der Waals surface area contributed by atoms with Crippen molar-refractivity contribution in [3.63, 3.8) is 0 Å². The van der Waals surface area contributed by atoms with Crippen LogP contribution in [0, 0.1) is 6.92 Å². The summed E-state index contributed by atoms with van der Waals surface area (Å²) in [5.74, 6) is -0.352. The highest BCUT2D eigenvalue weighted by Gasteiger charge is 2.18. The Morgan fingerprint density at radius 3 is 2.63 bits per heavy atom. The SMILES string of the molecule is Cc1cc(NC(=O)[C@H](C)SCC(=O)OCC(=O)N(C)c2ccccc2)no1. The first-order valence-electron chi connectivity index (χ1n) is 8.20. The summed E-state index contributed by atoms with van der Waals surface area (Å²) < 4.78 is 9.86. The van der Waals surface area contributed by atoms with E-state index in [-0.39, 0.29) is 24.2 Å². The normalized spacial score (nSPS) is 11.5. The van der Waals surface area contributed by atoms with E-state index >= 15 is 0 Å². The van der Waals surface area contributed by atoms with Crippen LogP contribution in [-0.2, 0) is 19.1 Å². The number of amides is 2. The summed E-state index contributed by atoms with van der Waals surface area (Å²) in [5.41, 5.74) is 0.710. The van der Waals surface area contributed by atoms with Crippen LogP contribution in [0.5, 0.6) is 0 Å². The van der Waals surface area contributed by atoms with Gasteiger partial charge in [0, 0.05) is 18.8 Å². The summed E-state index contributed by atoms with van der Waals surface area (Å²) in [7, 11) is 1.61. The van der Waals surface area contributed by atoms with Crippen molar-refractivity contribution in [3.8, 4) is 0 Å². The second-order valence-electron chi connectivity index (χ2n) is 5.71. The smallest absolute Gasteiger partial charge is 0.316 e. The van der Waals surface area contributed by atoms with E-state index in [0.717, 1.165) is 11.8 Å². The van der Waals surface area contributed by atoms with Gasteiger partial charge >= 0.3 is 5.97 Å². The summed E-state index contributed by atoms with van der Waals surface area (Å²) in [6.07, 6.45) is 0. The van der Waals surface area contributed by atoms with Crippen molar-refractivity contribution >= 4 is 41.1 Å². The maximum absolute atomic E-state index is 12.1. The maximum atomic E-state index is 12.1. The molecule has 2 rings (SSSR count). The number of carbonyl (C=O) groups excluding carboxylic acids is 3. The fourth-order valence-corrected chi connectivity index (χ4v) is 2.68. The number of rotatable bonds is 8. The van der Waals surface area contributed by atoms with E-state index in [1.165, 1.54) is 4.90 Å². The van der Waals surface area contributed by atoms with E-state index < -0.39 is 11.2 Å². The third kappa shape index (κ3) is 6.45. The molecule has 27 heavy (non-hydrogen) atoms. The second-order valence-corrected chi connectivity index (χ2v) is 7.04. The molecule has 9 heteroatoms. The molecule has 1 N–H and O–H groups in total.